The molecule has 0 spiro atoms. The van der Waals surface area contributed by atoms with Gasteiger partial charge < -0.3 is 4.74 Å². The van der Waals surface area contributed by atoms with Gasteiger partial charge in [0, 0.05) is 12.6 Å². The van der Waals surface area contributed by atoms with Gasteiger partial charge in [0.2, 0.25) is 11.2 Å². The number of ketones is 1. The fourth-order valence-electron chi connectivity index (χ4n) is 1.17. The molecule has 1 aromatic rings. The molecule has 0 aliphatic rings. The normalized spacial score (nSPS) is 10.5. The second-order valence-electron chi connectivity index (χ2n) is 3.58. The molecule has 0 bridgehead atoms. The average Bonchev–Trinajstić information content (AvgIpc) is 2.16. The van der Waals surface area contributed by atoms with Crippen molar-refractivity contribution in [2.24, 2.45) is 5.92 Å². The Balaban J connectivity index is 2.97. The van der Waals surface area contributed by atoms with Crippen molar-refractivity contribution < 1.29 is 9.53 Å². The van der Waals surface area contributed by atoms with Crippen molar-refractivity contribution in [3.63, 3.8) is 0 Å². The first-order valence-electron chi connectivity index (χ1n) is 4.64. The lowest BCUT2D eigenvalue weighted by atomic mass is 10.0. The highest BCUT2D eigenvalue weighted by molar-refractivity contribution is 6.28. The van der Waals surface area contributed by atoms with Crippen LogP contribution in [0.25, 0.3) is 0 Å². The van der Waals surface area contributed by atoms with Gasteiger partial charge in [-0.2, -0.15) is 4.98 Å². The van der Waals surface area contributed by atoms with Crippen LogP contribution in [0.5, 0.6) is 5.88 Å². The van der Waals surface area contributed by atoms with Crippen molar-refractivity contribution >= 4 is 17.4 Å². The molecule has 0 radical (unpaired) electrons. The fourth-order valence-corrected chi connectivity index (χ4v) is 1.30. The van der Waals surface area contributed by atoms with Gasteiger partial charge in [0.15, 0.2) is 5.78 Å². The molecule has 0 fully saturated rings. The minimum atomic E-state index is -0.0292. The first-order valence-corrected chi connectivity index (χ1v) is 5.02. The highest BCUT2D eigenvalue weighted by atomic mass is 35.5. The van der Waals surface area contributed by atoms with E-state index in [1.807, 2.05) is 13.8 Å². The molecule has 1 aromatic heterocycles. The van der Waals surface area contributed by atoms with Gasteiger partial charge in [0.05, 0.1) is 12.7 Å². The minimum absolute atomic E-state index is 0.0292. The molecule has 82 valence electrons. The van der Waals surface area contributed by atoms with Gasteiger partial charge in [-0.3, -0.25) is 4.79 Å². The van der Waals surface area contributed by atoms with E-state index in [9.17, 15) is 4.79 Å². The lowest BCUT2D eigenvalue weighted by molar-refractivity contribution is 0.0963. The molecule has 0 saturated carbocycles. The molecule has 0 aromatic carbocycles. The Morgan fingerprint density at radius 1 is 1.60 bits per heavy atom. The third-order valence-corrected chi connectivity index (χ3v) is 1.99. The first kappa shape index (κ1) is 11.9. The lowest BCUT2D eigenvalue weighted by Crippen LogP contribution is -2.07. The summed E-state index contributed by atoms with van der Waals surface area (Å²) in [6.45, 7) is 3.95. The summed E-state index contributed by atoms with van der Waals surface area (Å²) >= 11 is 5.59. The maximum atomic E-state index is 11.7. The van der Waals surface area contributed by atoms with E-state index in [0.717, 1.165) is 0 Å². The van der Waals surface area contributed by atoms with E-state index >= 15 is 0 Å². The van der Waals surface area contributed by atoms with E-state index in [0.29, 0.717) is 12.0 Å². The highest BCUT2D eigenvalue weighted by Gasteiger charge is 2.15. The molecule has 0 saturated heterocycles. The summed E-state index contributed by atoms with van der Waals surface area (Å²) in [6.07, 6.45) is 1.85. The predicted octanol–water partition coefficient (Wildman–Crippen LogP) is 2.37. The highest BCUT2D eigenvalue weighted by Crippen LogP contribution is 2.19. The van der Waals surface area contributed by atoms with Gasteiger partial charge in [-0.15, -0.1) is 0 Å². The van der Waals surface area contributed by atoms with Crippen LogP contribution in [0.2, 0.25) is 5.28 Å². The second-order valence-corrected chi connectivity index (χ2v) is 3.92. The van der Waals surface area contributed by atoms with Crippen LogP contribution in [0.1, 0.15) is 30.6 Å². The van der Waals surface area contributed by atoms with Crippen molar-refractivity contribution in [2.45, 2.75) is 20.3 Å². The molecule has 4 nitrogen and oxygen atoms in total. The number of aromatic nitrogens is 2. The zero-order valence-electron chi connectivity index (χ0n) is 8.95. The van der Waals surface area contributed by atoms with E-state index in [-0.39, 0.29) is 22.9 Å². The number of rotatable bonds is 4. The van der Waals surface area contributed by atoms with Crippen LogP contribution < -0.4 is 4.74 Å². The molecule has 0 N–H and O–H groups in total. The van der Waals surface area contributed by atoms with Crippen LogP contribution >= 0.6 is 11.6 Å². The Labute approximate surface area is 93.6 Å². The standard InChI is InChI=1S/C10H13ClN2O2/c1-6(2)4-8(14)7-5-12-10(11)13-9(7)15-3/h5-6H,4H2,1-3H3. The van der Waals surface area contributed by atoms with E-state index in [1.165, 1.54) is 13.3 Å². The number of Topliss-reactive ketones (excluding diaryl/α,β-unsaturated/α-hetero) is 1. The van der Waals surface area contributed by atoms with Gasteiger partial charge in [0.1, 0.15) is 0 Å². The Bertz CT molecular complexity index is 366. The van der Waals surface area contributed by atoms with Gasteiger partial charge in [-0.1, -0.05) is 13.8 Å². The zero-order valence-corrected chi connectivity index (χ0v) is 9.71. The van der Waals surface area contributed by atoms with E-state index < -0.39 is 0 Å². The summed E-state index contributed by atoms with van der Waals surface area (Å²) < 4.78 is 4.97. The van der Waals surface area contributed by atoms with Crippen LogP contribution in [-0.4, -0.2) is 22.9 Å². The van der Waals surface area contributed by atoms with Gasteiger partial charge in [-0.25, -0.2) is 4.98 Å². The second kappa shape index (κ2) is 5.07. The topological polar surface area (TPSA) is 52.1 Å². The third-order valence-electron chi connectivity index (χ3n) is 1.81. The maximum Gasteiger partial charge on any atom is 0.228 e. The van der Waals surface area contributed by atoms with E-state index in [4.69, 9.17) is 16.3 Å². The number of halogens is 1. The zero-order chi connectivity index (χ0) is 11.4. The number of hydrogen-bond acceptors (Lipinski definition) is 4. The number of methoxy groups -OCH3 is 1. The van der Waals surface area contributed by atoms with Crippen LogP contribution in [-0.2, 0) is 0 Å². The third kappa shape index (κ3) is 3.16. The molecular weight excluding hydrogens is 216 g/mol. The molecule has 0 atom stereocenters. The monoisotopic (exact) mass is 228 g/mol. The SMILES string of the molecule is COc1nc(Cl)ncc1C(=O)CC(C)C. The lowest BCUT2D eigenvalue weighted by Gasteiger charge is -2.07. The number of carbonyl (C=O) groups is 1. The summed E-state index contributed by atoms with van der Waals surface area (Å²) in [4.78, 5) is 19.3. The number of nitrogens with zero attached hydrogens (tertiary/aromatic N) is 2. The summed E-state index contributed by atoms with van der Waals surface area (Å²) in [7, 11) is 1.45. The molecule has 15 heavy (non-hydrogen) atoms. The quantitative estimate of drug-likeness (QED) is 0.587. The molecule has 0 aliphatic carbocycles. The Kier molecular flexibility index (Phi) is 4.03. The summed E-state index contributed by atoms with van der Waals surface area (Å²) in [5.74, 6) is 0.497. The molecule has 0 amide bonds. The molecule has 1 heterocycles. The Morgan fingerprint density at radius 3 is 2.80 bits per heavy atom. The van der Waals surface area contributed by atoms with Crippen molar-refractivity contribution in [3.05, 3.63) is 17.0 Å². The van der Waals surface area contributed by atoms with Crippen molar-refractivity contribution in [2.75, 3.05) is 7.11 Å². The molecule has 5 heteroatoms. The van der Waals surface area contributed by atoms with Gasteiger partial charge in [0.25, 0.3) is 0 Å². The van der Waals surface area contributed by atoms with Crippen LogP contribution in [0, 0.1) is 5.92 Å². The number of carbonyl (C=O) groups excluding carboxylic acids is 1. The Hall–Kier alpha value is -1.16. The van der Waals surface area contributed by atoms with Gasteiger partial charge >= 0.3 is 0 Å². The smallest absolute Gasteiger partial charge is 0.228 e. The van der Waals surface area contributed by atoms with Crippen molar-refractivity contribution in [3.8, 4) is 5.88 Å². The predicted molar refractivity (Wildman–Crippen MR) is 57.4 cm³/mol. The maximum absolute atomic E-state index is 11.7. The molecular formula is C10H13ClN2O2. The average molecular weight is 229 g/mol. The van der Waals surface area contributed by atoms with Crippen molar-refractivity contribution in [1.82, 2.24) is 9.97 Å². The largest absolute Gasteiger partial charge is 0.480 e. The number of hydrogen-bond donors (Lipinski definition) is 0. The van der Waals surface area contributed by atoms with E-state index in [1.54, 1.807) is 0 Å². The summed E-state index contributed by atoms with van der Waals surface area (Å²) in [6, 6.07) is 0. The van der Waals surface area contributed by atoms with Crippen molar-refractivity contribution in [1.29, 1.82) is 0 Å². The minimum Gasteiger partial charge on any atom is -0.480 e. The molecule has 0 aliphatic heterocycles. The van der Waals surface area contributed by atoms with Gasteiger partial charge in [-0.05, 0) is 17.5 Å². The van der Waals surface area contributed by atoms with Crippen LogP contribution in [0.4, 0.5) is 0 Å². The molecule has 0 unspecified atom stereocenters. The Morgan fingerprint density at radius 2 is 2.27 bits per heavy atom. The van der Waals surface area contributed by atoms with Crippen LogP contribution in [0.15, 0.2) is 6.20 Å². The summed E-state index contributed by atoms with van der Waals surface area (Å²) in [5.41, 5.74) is 0.385. The first-order chi connectivity index (χ1) is 7.04. The summed E-state index contributed by atoms with van der Waals surface area (Å²) in [5, 5.41) is 0.0768. The fraction of sp³-hybridized carbons (Fsp3) is 0.500. The van der Waals surface area contributed by atoms with Crippen LogP contribution in [0.3, 0.4) is 0 Å². The van der Waals surface area contributed by atoms with E-state index in [2.05, 4.69) is 9.97 Å². The number of ether oxygens (including phenoxy) is 1. The molecule has 1 rings (SSSR count).